The topological polar surface area (TPSA) is 90.3 Å². The zero-order chi connectivity index (χ0) is 18.3. The van der Waals surface area contributed by atoms with Crippen molar-refractivity contribution in [2.45, 2.75) is 18.6 Å². The van der Waals surface area contributed by atoms with Crippen LogP contribution in [0.25, 0.3) is 0 Å². The van der Waals surface area contributed by atoms with Gasteiger partial charge in [-0.25, -0.2) is 12.7 Å². The second kappa shape index (κ2) is 9.22. The molecule has 0 aromatic heterocycles. The fraction of sp³-hybridized carbons (Fsp3) is 0.529. The summed E-state index contributed by atoms with van der Waals surface area (Å²) in [4.78, 5) is 12.2. The first-order valence-electron chi connectivity index (χ1n) is 8.20. The predicted molar refractivity (Wildman–Crippen MR) is 99.5 cm³/mol. The molecule has 1 aliphatic rings. The molecule has 136 valence electrons. The molecule has 0 saturated carbocycles. The maximum atomic E-state index is 12.2. The average molecular weight is 382 g/mol. The molecule has 1 amide bonds. The van der Waals surface area contributed by atoms with E-state index in [-0.39, 0.29) is 11.8 Å². The van der Waals surface area contributed by atoms with Crippen molar-refractivity contribution in [1.29, 1.82) is 5.26 Å². The van der Waals surface area contributed by atoms with Gasteiger partial charge in [-0.15, -0.1) is 0 Å². The van der Waals surface area contributed by atoms with E-state index in [1.165, 1.54) is 10.6 Å². The quantitative estimate of drug-likeness (QED) is 0.724. The molecule has 1 N–H and O–H groups in total. The number of hydrogen-bond acceptors (Lipinski definition) is 5. The number of amides is 1. The van der Waals surface area contributed by atoms with Crippen LogP contribution in [0.5, 0.6) is 0 Å². The number of carbonyl (C=O) groups is 1. The minimum absolute atomic E-state index is 0.00572. The van der Waals surface area contributed by atoms with Gasteiger partial charge in [0, 0.05) is 37.1 Å². The van der Waals surface area contributed by atoms with E-state index in [4.69, 9.17) is 5.26 Å². The smallest absolute Gasteiger partial charge is 0.223 e. The first-order valence-corrected chi connectivity index (χ1v) is 11.2. The average Bonchev–Trinajstić information content (AvgIpc) is 2.61. The summed E-state index contributed by atoms with van der Waals surface area (Å²) in [6.45, 7) is 1.40. The molecule has 0 atom stereocenters. The molecule has 1 aromatic carbocycles. The third kappa shape index (κ3) is 6.03. The number of thioether (sulfide) groups is 1. The number of carbonyl (C=O) groups excluding carboxylic acids is 1. The maximum absolute atomic E-state index is 12.2. The second-order valence-electron chi connectivity index (χ2n) is 6.05. The largest absolute Gasteiger partial charge is 0.355 e. The summed E-state index contributed by atoms with van der Waals surface area (Å²) < 4.78 is 24.4. The van der Waals surface area contributed by atoms with Gasteiger partial charge >= 0.3 is 0 Å². The highest BCUT2D eigenvalue weighted by molar-refractivity contribution is 7.98. The molecule has 25 heavy (non-hydrogen) atoms. The van der Waals surface area contributed by atoms with E-state index in [9.17, 15) is 13.2 Å². The van der Waals surface area contributed by atoms with E-state index >= 15 is 0 Å². The van der Waals surface area contributed by atoms with Gasteiger partial charge in [-0.05, 0) is 24.5 Å². The van der Waals surface area contributed by atoms with Crippen LogP contribution in [0, 0.1) is 17.2 Å². The Hall–Kier alpha value is -1.56. The van der Waals surface area contributed by atoms with Crippen LogP contribution in [-0.4, -0.2) is 50.3 Å². The molecule has 8 heteroatoms. The Labute approximate surface area is 153 Å². The molecule has 0 spiro atoms. The normalized spacial score (nSPS) is 16.3. The third-order valence-corrected chi connectivity index (χ3v) is 6.55. The summed E-state index contributed by atoms with van der Waals surface area (Å²) in [5.74, 6) is 1.41. The van der Waals surface area contributed by atoms with E-state index in [0.29, 0.717) is 38.0 Å². The van der Waals surface area contributed by atoms with E-state index in [0.717, 1.165) is 17.1 Å². The second-order valence-corrected chi connectivity index (χ2v) is 9.14. The fourth-order valence-electron chi connectivity index (χ4n) is 2.78. The van der Waals surface area contributed by atoms with Crippen molar-refractivity contribution >= 4 is 27.7 Å². The highest BCUT2D eigenvalue weighted by Gasteiger charge is 2.28. The first kappa shape index (κ1) is 19.8. The summed E-state index contributed by atoms with van der Waals surface area (Å²) in [6, 6.07) is 9.70. The Morgan fingerprint density at radius 3 is 2.68 bits per heavy atom. The predicted octanol–water partition coefficient (Wildman–Crippen LogP) is 1.58. The number of hydrogen-bond donors (Lipinski definition) is 1. The lowest BCUT2D eigenvalue weighted by atomic mass is 9.97. The number of nitrogens with one attached hydrogen (secondary N) is 1. The van der Waals surface area contributed by atoms with Gasteiger partial charge in [0.25, 0.3) is 0 Å². The van der Waals surface area contributed by atoms with Crippen molar-refractivity contribution < 1.29 is 13.2 Å². The van der Waals surface area contributed by atoms with Crippen molar-refractivity contribution in [1.82, 2.24) is 9.62 Å². The van der Waals surface area contributed by atoms with E-state index in [2.05, 4.69) is 11.4 Å². The van der Waals surface area contributed by atoms with Crippen LogP contribution in [-0.2, 0) is 20.6 Å². The highest BCUT2D eigenvalue weighted by Crippen LogP contribution is 2.19. The van der Waals surface area contributed by atoms with Crippen LogP contribution >= 0.6 is 11.8 Å². The Bertz CT molecular complexity index is 736. The zero-order valence-electron chi connectivity index (χ0n) is 14.3. The number of benzene rings is 1. The summed E-state index contributed by atoms with van der Waals surface area (Å²) in [5, 5.41) is 12.0. The molecule has 0 radical (unpaired) electrons. The molecule has 0 aliphatic carbocycles. The molecule has 1 aliphatic heterocycles. The summed E-state index contributed by atoms with van der Waals surface area (Å²) >= 11 is 1.67. The van der Waals surface area contributed by atoms with Crippen molar-refractivity contribution in [3.8, 4) is 6.07 Å². The van der Waals surface area contributed by atoms with Crippen LogP contribution in [0.2, 0.25) is 0 Å². The zero-order valence-corrected chi connectivity index (χ0v) is 15.9. The Kier molecular flexibility index (Phi) is 7.29. The lowest BCUT2D eigenvalue weighted by Crippen LogP contribution is -2.42. The van der Waals surface area contributed by atoms with Gasteiger partial charge in [-0.3, -0.25) is 4.79 Å². The molecule has 2 rings (SSSR count). The fourth-order valence-corrected chi connectivity index (χ4v) is 4.51. The first-order chi connectivity index (χ1) is 11.9. The number of nitriles is 1. The molecule has 0 bridgehead atoms. The van der Waals surface area contributed by atoms with Crippen molar-refractivity contribution in [2.75, 3.05) is 31.6 Å². The number of sulfonamides is 1. The molecule has 6 nitrogen and oxygen atoms in total. The molecule has 0 unspecified atom stereocenters. The van der Waals surface area contributed by atoms with E-state index in [1.807, 2.05) is 18.2 Å². The molecule has 1 saturated heterocycles. The number of rotatable bonds is 7. The molecule has 1 aromatic rings. The Morgan fingerprint density at radius 2 is 2.04 bits per heavy atom. The van der Waals surface area contributed by atoms with Crippen LogP contribution in [0.15, 0.2) is 24.3 Å². The van der Waals surface area contributed by atoms with Crippen LogP contribution in [0.3, 0.4) is 0 Å². The summed E-state index contributed by atoms with van der Waals surface area (Å²) in [5.41, 5.74) is 1.70. The van der Waals surface area contributed by atoms with Crippen LogP contribution < -0.4 is 5.32 Å². The van der Waals surface area contributed by atoms with Gasteiger partial charge in [0.05, 0.1) is 17.9 Å². The van der Waals surface area contributed by atoms with Gasteiger partial charge in [-0.2, -0.15) is 17.0 Å². The van der Waals surface area contributed by atoms with Gasteiger partial charge in [0.1, 0.15) is 0 Å². The highest BCUT2D eigenvalue weighted by atomic mass is 32.2. The summed E-state index contributed by atoms with van der Waals surface area (Å²) in [6.07, 6.45) is 2.35. The third-order valence-electron chi connectivity index (χ3n) is 4.23. The van der Waals surface area contributed by atoms with Gasteiger partial charge in [-0.1, -0.05) is 18.2 Å². The van der Waals surface area contributed by atoms with Gasteiger partial charge in [0.2, 0.25) is 15.9 Å². The number of nitrogens with zero attached hydrogens (tertiary/aromatic N) is 2. The maximum Gasteiger partial charge on any atom is 0.223 e. The van der Waals surface area contributed by atoms with E-state index < -0.39 is 10.0 Å². The van der Waals surface area contributed by atoms with Crippen molar-refractivity contribution in [3.63, 3.8) is 0 Å². The SMILES string of the molecule is CS(=O)(=O)N1CCC(C(=O)NCCSCc2ccccc2C#N)CC1. The molecule has 1 heterocycles. The summed E-state index contributed by atoms with van der Waals surface area (Å²) in [7, 11) is -3.16. The number of piperidine rings is 1. The molecular formula is C17H23N3O3S2. The van der Waals surface area contributed by atoms with E-state index in [1.54, 1.807) is 17.8 Å². The molecular weight excluding hydrogens is 358 g/mol. The molecule has 1 fully saturated rings. The minimum atomic E-state index is -3.16. The van der Waals surface area contributed by atoms with Gasteiger partial charge < -0.3 is 5.32 Å². The monoisotopic (exact) mass is 381 g/mol. The lowest BCUT2D eigenvalue weighted by molar-refractivity contribution is -0.125. The Morgan fingerprint density at radius 1 is 1.36 bits per heavy atom. The lowest BCUT2D eigenvalue weighted by Gasteiger charge is -2.29. The Balaban J connectivity index is 1.66. The van der Waals surface area contributed by atoms with Crippen LogP contribution in [0.1, 0.15) is 24.0 Å². The minimum Gasteiger partial charge on any atom is -0.355 e. The van der Waals surface area contributed by atoms with Crippen LogP contribution in [0.4, 0.5) is 0 Å². The van der Waals surface area contributed by atoms with Crippen molar-refractivity contribution in [2.24, 2.45) is 5.92 Å². The van der Waals surface area contributed by atoms with Crippen molar-refractivity contribution in [3.05, 3.63) is 35.4 Å². The van der Waals surface area contributed by atoms with Gasteiger partial charge in [0.15, 0.2) is 0 Å². The standard InChI is InChI=1S/C17H23N3O3S2/c1-25(22,23)20-9-6-14(7-10-20)17(21)19-8-11-24-13-16-5-3-2-4-15(16)12-18/h2-5,14H,6-11,13H2,1H3,(H,19,21).